The lowest BCUT2D eigenvalue weighted by Crippen LogP contribution is -2.30. The van der Waals surface area contributed by atoms with Gasteiger partial charge in [0.15, 0.2) is 12.2 Å². The Morgan fingerprint density at radius 1 is 0.290 bits per heavy atom. The number of phosphoric ester groups is 2. The Bertz CT molecular complexity index is 1790. The Kier molecular flexibility index (Phi) is 65.9. The molecule has 0 spiro atoms. The van der Waals surface area contributed by atoms with Crippen LogP contribution in [0.15, 0.2) is 0 Å². The van der Waals surface area contributed by atoms with Gasteiger partial charge in [0.25, 0.3) is 0 Å². The molecule has 0 rings (SSSR count). The standard InChI is InChI=1S/C74H144O17P2/c1-6-9-12-15-18-21-24-26-28-29-30-31-33-35-37-40-43-50-55-60-74(79)90-69(63-84-71(76)57-52-47-41-39-36-34-32-27-25-22-19-16-13-10-7-2)65-88-92(80,81)86-61-68(75)62-87-93(82,83)89-66-70(64-85-72(77)58-53-48-45-44-46-51-56-67(4)5)91-73(78)59-54-49-42-38-23-20-17-14-11-8-3/h67-70,75H,6-66H2,1-5H3,(H,80,81)(H,82,83)/t68-,69-,70-/m1/s1. The van der Waals surface area contributed by atoms with Crippen LogP contribution in [-0.2, 0) is 65.4 Å². The minimum absolute atomic E-state index is 0.106. The fraction of sp³-hybridized carbons (Fsp3) is 0.946. The van der Waals surface area contributed by atoms with E-state index in [1.54, 1.807) is 0 Å². The predicted molar refractivity (Wildman–Crippen MR) is 377 cm³/mol. The van der Waals surface area contributed by atoms with Gasteiger partial charge in [0.1, 0.15) is 19.3 Å². The van der Waals surface area contributed by atoms with Crippen molar-refractivity contribution in [3.05, 3.63) is 0 Å². The van der Waals surface area contributed by atoms with Crippen LogP contribution >= 0.6 is 15.6 Å². The lowest BCUT2D eigenvalue weighted by molar-refractivity contribution is -0.161. The number of phosphoric acid groups is 2. The van der Waals surface area contributed by atoms with E-state index < -0.39 is 97.5 Å². The maximum Gasteiger partial charge on any atom is 0.472 e. The highest BCUT2D eigenvalue weighted by Crippen LogP contribution is 2.45. The Labute approximate surface area is 568 Å². The summed E-state index contributed by atoms with van der Waals surface area (Å²) in [5.41, 5.74) is 0. The first-order valence-electron chi connectivity index (χ1n) is 38.6. The molecule has 0 aliphatic rings. The summed E-state index contributed by atoms with van der Waals surface area (Å²) in [6, 6.07) is 0. The normalized spacial score (nSPS) is 14.0. The SMILES string of the molecule is CCCCCCCCCCCCCCCCCCCCCC(=O)O[C@H](COC(=O)CCCCCCCCCCCCCCCCC)COP(=O)(O)OC[C@@H](O)COP(=O)(O)OC[C@@H](COC(=O)CCCCCCCCC(C)C)OC(=O)CCCCCCCCCCCC. The van der Waals surface area contributed by atoms with E-state index in [4.69, 9.17) is 37.0 Å². The van der Waals surface area contributed by atoms with E-state index in [-0.39, 0.29) is 25.7 Å². The Balaban J connectivity index is 5.20. The number of esters is 4. The van der Waals surface area contributed by atoms with E-state index in [1.165, 1.54) is 205 Å². The molecule has 0 amide bonds. The number of hydrogen-bond donors (Lipinski definition) is 3. The van der Waals surface area contributed by atoms with E-state index in [1.807, 2.05) is 0 Å². The highest BCUT2D eigenvalue weighted by atomic mass is 31.2. The zero-order valence-electron chi connectivity index (χ0n) is 60.4. The van der Waals surface area contributed by atoms with Gasteiger partial charge in [-0.1, -0.05) is 336 Å². The van der Waals surface area contributed by atoms with Crippen LogP contribution in [-0.4, -0.2) is 96.7 Å². The van der Waals surface area contributed by atoms with Crippen LogP contribution in [0.2, 0.25) is 0 Å². The van der Waals surface area contributed by atoms with Crippen LogP contribution in [0.5, 0.6) is 0 Å². The molecule has 3 N–H and O–H groups in total. The third-order valence-electron chi connectivity index (χ3n) is 17.3. The third-order valence-corrected chi connectivity index (χ3v) is 19.2. The number of aliphatic hydroxyl groups is 1. The van der Waals surface area contributed by atoms with Crippen molar-refractivity contribution in [3.63, 3.8) is 0 Å². The number of carbonyl (C=O) groups excluding carboxylic acids is 4. The summed E-state index contributed by atoms with van der Waals surface area (Å²) < 4.78 is 68.4. The van der Waals surface area contributed by atoms with Gasteiger partial charge in [-0.25, -0.2) is 9.13 Å². The first-order chi connectivity index (χ1) is 45.0. The summed E-state index contributed by atoms with van der Waals surface area (Å²) >= 11 is 0. The van der Waals surface area contributed by atoms with E-state index in [0.717, 1.165) is 96.3 Å². The molecular weight excluding hydrogens is 1220 g/mol. The van der Waals surface area contributed by atoms with Gasteiger partial charge in [-0.2, -0.15) is 0 Å². The second-order valence-electron chi connectivity index (χ2n) is 27.2. The highest BCUT2D eigenvalue weighted by Gasteiger charge is 2.30. The summed E-state index contributed by atoms with van der Waals surface area (Å²) in [5.74, 6) is -1.44. The molecule has 2 unspecified atom stereocenters. The first kappa shape index (κ1) is 91.1. The quantitative estimate of drug-likeness (QED) is 0.0222. The van der Waals surface area contributed by atoms with Crippen molar-refractivity contribution in [2.75, 3.05) is 39.6 Å². The molecule has 93 heavy (non-hydrogen) atoms. The van der Waals surface area contributed by atoms with Gasteiger partial charge in [-0.05, 0) is 31.6 Å². The van der Waals surface area contributed by atoms with Crippen LogP contribution in [0.25, 0.3) is 0 Å². The summed E-state index contributed by atoms with van der Waals surface area (Å²) in [6.07, 6.45) is 55.7. The first-order valence-corrected chi connectivity index (χ1v) is 41.6. The largest absolute Gasteiger partial charge is 0.472 e. The van der Waals surface area contributed by atoms with E-state index in [9.17, 15) is 43.2 Å². The number of aliphatic hydroxyl groups excluding tert-OH is 1. The number of rotatable bonds is 74. The average Bonchev–Trinajstić information content (AvgIpc) is 2.71. The molecular formula is C74H144O17P2. The maximum atomic E-state index is 13.1. The van der Waals surface area contributed by atoms with Gasteiger partial charge in [-0.15, -0.1) is 0 Å². The third kappa shape index (κ3) is 68.4. The molecule has 17 nitrogen and oxygen atoms in total. The second kappa shape index (κ2) is 67.3. The lowest BCUT2D eigenvalue weighted by Gasteiger charge is -2.21. The highest BCUT2D eigenvalue weighted by molar-refractivity contribution is 7.47. The van der Waals surface area contributed by atoms with Gasteiger partial charge in [0, 0.05) is 25.7 Å². The summed E-state index contributed by atoms with van der Waals surface area (Å²) in [5, 5.41) is 10.6. The van der Waals surface area contributed by atoms with Gasteiger partial charge < -0.3 is 33.8 Å². The molecule has 5 atom stereocenters. The molecule has 0 aromatic carbocycles. The van der Waals surface area contributed by atoms with Gasteiger partial charge >= 0.3 is 39.5 Å². The van der Waals surface area contributed by atoms with Crippen LogP contribution in [0.3, 0.4) is 0 Å². The van der Waals surface area contributed by atoms with E-state index >= 15 is 0 Å². The summed E-state index contributed by atoms with van der Waals surface area (Å²) in [4.78, 5) is 72.6. The van der Waals surface area contributed by atoms with Crippen LogP contribution < -0.4 is 0 Å². The molecule has 552 valence electrons. The Morgan fingerprint density at radius 2 is 0.495 bits per heavy atom. The molecule has 0 heterocycles. The van der Waals surface area contributed by atoms with Gasteiger partial charge in [-0.3, -0.25) is 37.3 Å². The molecule has 0 saturated heterocycles. The monoisotopic (exact) mass is 1370 g/mol. The van der Waals surface area contributed by atoms with E-state index in [2.05, 4.69) is 34.6 Å². The summed E-state index contributed by atoms with van der Waals surface area (Å²) in [6.45, 7) is 7.19. The number of hydrogen-bond acceptors (Lipinski definition) is 15. The molecule has 19 heteroatoms. The van der Waals surface area contributed by atoms with Crippen molar-refractivity contribution in [1.29, 1.82) is 0 Å². The molecule has 0 aromatic heterocycles. The number of unbranched alkanes of at least 4 members (excludes halogenated alkanes) is 46. The molecule has 0 bridgehead atoms. The Morgan fingerprint density at radius 3 is 0.731 bits per heavy atom. The molecule has 0 fully saturated rings. The fourth-order valence-electron chi connectivity index (χ4n) is 11.4. The predicted octanol–water partition coefficient (Wildman–Crippen LogP) is 21.7. The minimum Gasteiger partial charge on any atom is -0.462 e. The van der Waals surface area contributed by atoms with Gasteiger partial charge in [0.05, 0.1) is 26.4 Å². The molecule has 0 saturated carbocycles. The smallest absolute Gasteiger partial charge is 0.462 e. The number of carbonyl (C=O) groups is 4. The second-order valence-corrected chi connectivity index (χ2v) is 30.1. The van der Waals surface area contributed by atoms with Crippen molar-refractivity contribution < 1.29 is 80.2 Å². The zero-order valence-corrected chi connectivity index (χ0v) is 62.2. The van der Waals surface area contributed by atoms with Crippen molar-refractivity contribution in [2.45, 2.75) is 406 Å². The van der Waals surface area contributed by atoms with Crippen molar-refractivity contribution in [1.82, 2.24) is 0 Å². The van der Waals surface area contributed by atoms with Crippen molar-refractivity contribution in [3.8, 4) is 0 Å². The Hall–Kier alpha value is -1.94. The van der Waals surface area contributed by atoms with Gasteiger partial charge in [0.2, 0.25) is 0 Å². The molecule has 0 aromatic rings. The lowest BCUT2D eigenvalue weighted by atomic mass is 10.0. The zero-order chi connectivity index (χ0) is 68.4. The van der Waals surface area contributed by atoms with Crippen LogP contribution in [0.4, 0.5) is 0 Å². The van der Waals surface area contributed by atoms with Crippen LogP contribution in [0.1, 0.15) is 388 Å². The fourth-order valence-corrected chi connectivity index (χ4v) is 12.9. The van der Waals surface area contributed by atoms with Crippen molar-refractivity contribution in [2.24, 2.45) is 5.92 Å². The molecule has 0 aliphatic heterocycles. The minimum atomic E-state index is -4.95. The number of ether oxygens (including phenoxy) is 4. The topological polar surface area (TPSA) is 237 Å². The van der Waals surface area contributed by atoms with Crippen LogP contribution in [0, 0.1) is 5.92 Å². The maximum absolute atomic E-state index is 13.1. The summed E-state index contributed by atoms with van der Waals surface area (Å²) in [7, 11) is -9.90. The molecule has 0 aliphatic carbocycles. The van der Waals surface area contributed by atoms with Crippen molar-refractivity contribution >= 4 is 39.5 Å². The average molecular weight is 1370 g/mol. The molecule has 0 radical (unpaired) electrons. The van der Waals surface area contributed by atoms with E-state index in [0.29, 0.717) is 31.6 Å².